The standard InChI is InChI=1S/C11H15F2NO/c1-7(15-2)5-11(14)8-3-4-9(12)10(13)6-8/h3-4,6-7,11H,5,14H2,1-2H3. The highest BCUT2D eigenvalue weighted by Gasteiger charge is 2.12. The molecule has 0 spiro atoms. The number of hydrogen-bond donors (Lipinski definition) is 1. The topological polar surface area (TPSA) is 35.2 Å². The van der Waals surface area contributed by atoms with Crippen molar-refractivity contribution in [2.45, 2.75) is 25.5 Å². The Morgan fingerprint density at radius 1 is 1.33 bits per heavy atom. The lowest BCUT2D eigenvalue weighted by Gasteiger charge is -2.16. The van der Waals surface area contributed by atoms with Gasteiger partial charge in [-0.15, -0.1) is 0 Å². The summed E-state index contributed by atoms with van der Waals surface area (Å²) in [6.07, 6.45) is 0.565. The van der Waals surface area contributed by atoms with Crippen LogP contribution in [0.3, 0.4) is 0 Å². The minimum Gasteiger partial charge on any atom is -0.382 e. The molecular formula is C11H15F2NO. The van der Waals surface area contributed by atoms with E-state index < -0.39 is 11.6 Å². The molecule has 0 fully saturated rings. The summed E-state index contributed by atoms with van der Waals surface area (Å²) in [6, 6.07) is 3.37. The van der Waals surface area contributed by atoms with Crippen LogP contribution in [0.5, 0.6) is 0 Å². The first-order valence-electron chi connectivity index (χ1n) is 4.78. The molecule has 2 nitrogen and oxygen atoms in total. The average molecular weight is 215 g/mol. The molecule has 2 unspecified atom stereocenters. The van der Waals surface area contributed by atoms with Gasteiger partial charge in [0.05, 0.1) is 6.10 Å². The Hall–Kier alpha value is -1.00. The van der Waals surface area contributed by atoms with Gasteiger partial charge in [0, 0.05) is 13.2 Å². The Labute approximate surface area is 88.0 Å². The van der Waals surface area contributed by atoms with E-state index in [1.165, 1.54) is 6.07 Å². The molecule has 0 aliphatic heterocycles. The van der Waals surface area contributed by atoms with Crippen molar-refractivity contribution in [2.24, 2.45) is 5.73 Å². The number of benzene rings is 1. The molecule has 0 saturated heterocycles. The van der Waals surface area contributed by atoms with E-state index in [2.05, 4.69) is 0 Å². The van der Waals surface area contributed by atoms with Crippen molar-refractivity contribution in [2.75, 3.05) is 7.11 Å². The molecule has 1 aromatic rings. The van der Waals surface area contributed by atoms with Crippen molar-refractivity contribution in [3.05, 3.63) is 35.4 Å². The highest BCUT2D eigenvalue weighted by atomic mass is 19.2. The number of hydrogen-bond acceptors (Lipinski definition) is 2. The van der Waals surface area contributed by atoms with Crippen LogP contribution < -0.4 is 5.73 Å². The van der Waals surface area contributed by atoms with Gasteiger partial charge < -0.3 is 10.5 Å². The van der Waals surface area contributed by atoms with Gasteiger partial charge in [0.1, 0.15) is 0 Å². The smallest absolute Gasteiger partial charge is 0.159 e. The van der Waals surface area contributed by atoms with Crippen LogP contribution >= 0.6 is 0 Å². The van der Waals surface area contributed by atoms with E-state index in [9.17, 15) is 8.78 Å². The summed E-state index contributed by atoms with van der Waals surface area (Å²) in [4.78, 5) is 0. The van der Waals surface area contributed by atoms with Gasteiger partial charge in [0.2, 0.25) is 0 Å². The van der Waals surface area contributed by atoms with E-state index >= 15 is 0 Å². The van der Waals surface area contributed by atoms with Gasteiger partial charge in [-0.25, -0.2) is 8.78 Å². The molecule has 1 aromatic carbocycles. The first kappa shape index (κ1) is 12.1. The third-order valence-electron chi connectivity index (χ3n) is 2.36. The lowest BCUT2D eigenvalue weighted by atomic mass is 10.0. The maximum atomic E-state index is 12.9. The maximum Gasteiger partial charge on any atom is 0.159 e. The molecule has 0 aliphatic carbocycles. The molecule has 0 bridgehead atoms. The fourth-order valence-electron chi connectivity index (χ4n) is 1.33. The van der Waals surface area contributed by atoms with Crippen LogP contribution in [0.15, 0.2) is 18.2 Å². The number of nitrogens with two attached hydrogens (primary N) is 1. The Morgan fingerprint density at radius 3 is 2.53 bits per heavy atom. The number of ether oxygens (including phenoxy) is 1. The summed E-state index contributed by atoms with van der Waals surface area (Å²) in [7, 11) is 1.59. The fourth-order valence-corrected chi connectivity index (χ4v) is 1.33. The summed E-state index contributed by atoms with van der Waals surface area (Å²) in [5.41, 5.74) is 6.40. The maximum absolute atomic E-state index is 12.9. The van der Waals surface area contributed by atoms with Crippen LogP contribution in [0.1, 0.15) is 24.9 Å². The second kappa shape index (κ2) is 5.19. The van der Waals surface area contributed by atoms with Crippen LogP contribution in [0.25, 0.3) is 0 Å². The van der Waals surface area contributed by atoms with Crippen LogP contribution in [0.2, 0.25) is 0 Å². The average Bonchev–Trinajstić information content (AvgIpc) is 2.21. The number of methoxy groups -OCH3 is 1. The quantitative estimate of drug-likeness (QED) is 0.837. The Bertz CT molecular complexity index is 330. The van der Waals surface area contributed by atoms with Crippen LogP contribution in [0, 0.1) is 11.6 Å². The summed E-state index contributed by atoms with van der Waals surface area (Å²) >= 11 is 0. The Kier molecular flexibility index (Phi) is 4.17. The Morgan fingerprint density at radius 2 is 2.00 bits per heavy atom. The lowest BCUT2D eigenvalue weighted by molar-refractivity contribution is 0.104. The highest BCUT2D eigenvalue weighted by Crippen LogP contribution is 2.19. The zero-order chi connectivity index (χ0) is 11.4. The van der Waals surface area contributed by atoms with Gasteiger partial charge in [0.15, 0.2) is 11.6 Å². The highest BCUT2D eigenvalue weighted by molar-refractivity contribution is 5.21. The molecule has 0 amide bonds. The molecule has 0 aliphatic rings. The van der Waals surface area contributed by atoms with E-state index in [4.69, 9.17) is 10.5 Å². The van der Waals surface area contributed by atoms with Gasteiger partial charge in [-0.1, -0.05) is 6.07 Å². The molecule has 1 rings (SSSR count). The van der Waals surface area contributed by atoms with Gasteiger partial charge in [0.25, 0.3) is 0 Å². The summed E-state index contributed by atoms with van der Waals surface area (Å²) in [5.74, 6) is -1.72. The third kappa shape index (κ3) is 3.25. The lowest BCUT2D eigenvalue weighted by Crippen LogP contribution is -2.18. The minimum atomic E-state index is -0.868. The van der Waals surface area contributed by atoms with Crippen LogP contribution in [-0.2, 0) is 4.74 Å². The van der Waals surface area contributed by atoms with Gasteiger partial charge in [-0.05, 0) is 31.0 Å². The van der Waals surface area contributed by atoms with E-state index in [0.717, 1.165) is 12.1 Å². The third-order valence-corrected chi connectivity index (χ3v) is 2.36. The molecule has 0 radical (unpaired) electrons. The van der Waals surface area contributed by atoms with Crippen LogP contribution in [-0.4, -0.2) is 13.2 Å². The van der Waals surface area contributed by atoms with Crippen molar-refractivity contribution >= 4 is 0 Å². The normalized spacial score (nSPS) is 15.0. The van der Waals surface area contributed by atoms with Gasteiger partial charge >= 0.3 is 0 Å². The predicted octanol–water partition coefficient (Wildman–Crippen LogP) is 2.39. The molecule has 2 atom stereocenters. The van der Waals surface area contributed by atoms with E-state index in [1.807, 2.05) is 6.92 Å². The molecular weight excluding hydrogens is 200 g/mol. The van der Waals surface area contributed by atoms with Crippen molar-refractivity contribution in [3.63, 3.8) is 0 Å². The van der Waals surface area contributed by atoms with E-state index in [-0.39, 0.29) is 12.1 Å². The molecule has 15 heavy (non-hydrogen) atoms. The summed E-state index contributed by atoms with van der Waals surface area (Å²) in [6.45, 7) is 1.87. The number of rotatable bonds is 4. The SMILES string of the molecule is COC(C)CC(N)c1ccc(F)c(F)c1. The van der Waals surface area contributed by atoms with Crippen LogP contribution in [0.4, 0.5) is 8.78 Å². The molecule has 2 N–H and O–H groups in total. The van der Waals surface area contributed by atoms with Gasteiger partial charge in [-0.2, -0.15) is 0 Å². The zero-order valence-corrected chi connectivity index (χ0v) is 8.84. The Balaban J connectivity index is 2.73. The largest absolute Gasteiger partial charge is 0.382 e. The van der Waals surface area contributed by atoms with Gasteiger partial charge in [-0.3, -0.25) is 0 Å². The van der Waals surface area contributed by atoms with E-state index in [1.54, 1.807) is 7.11 Å². The van der Waals surface area contributed by atoms with Crippen molar-refractivity contribution in [1.29, 1.82) is 0 Å². The zero-order valence-electron chi connectivity index (χ0n) is 8.84. The second-order valence-electron chi connectivity index (χ2n) is 3.56. The fraction of sp³-hybridized carbons (Fsp3) is 0.455. The van der Waals surface area contributed by atoms with Crippen molar-refractivity contribution < 1.29 is 13.5 Å². The minimum absolute atomic E-state index is 0.00638. The predicted molar refractivity (Wildman–Crippen MR) is 54.4 cm³/mol. The molecule has 4 heteroatoms. The molecule has 0 saturated carbocycles. The monoisotopic (exact) mass is 215 g/mol. The van der Waals surface area contributed by atoms with E-state index in [0.29, 0.717) is 12.0 Å². The second-order valence-corrected chi connectivity index (χ2v) is 3.56. The molecule has 84 valence electrons. The number of halogens is 2. The summed E-state index contributed by atoms with van der Waals surface area (Å²) in [5, 5.41) is 0. The molecule has 0 aromatic heterocycles. The van der Waals surface area contributed by atoms with Crippen molar-refractivity contribution in [3.8, 4) is 0 Å². The first-order valence-corrected chi connectivity index (χ1v) is 4.78. The summed E-state index contributed by atoms with van der Waals surface area (Å²) < 4.78 is 30.6. The van der Waals surface area contributed by atoms with Crippen molar-refractivity contribution in [1.82, 2.24) is 0 Å². The first-order chi connectivity index (χ1) is 7.04. The molecule has 0 heterocycles.